The molecule has 3 heterocycles. The fraction of sp³-hybridized carbons (Fsp3) is 0.552. The summed E-state index contributed by atoms with van der Waals surface area (Å²) in [6.45, 7) is -21.2. The maximum atomic E-state index is 14.4. The van der Waals surface area contributed by atoms with E-state index in [1.54, 1.807) is 6.07 Å². The Hall–Kier alpha value is -2.70. The molecular weight excluding hydrogens is 536 g/mol. The summed E-state index contributed by atoms with van der Waals surface area (Å²) >= 11 is 0. The van der Waals surface area contributed by atoms with E-state index in [-0.39, 0.29) is 22.2 Å². The Morgan fingerprint density at radius 1 is 1.32 bits per heavy atom. The van der Waals surface area contributed by atoms with Crippen LogP contribution in [0.4, 0.5) is 4.79 Å². The summed E-state index contributed by atoms with van der Waals surface area (Å²) in [5.74, 6) is -8.06. The number of benzene rings is 2. The number of carbonyl (C=O) groups is 1. The van der Waals surface area contributed by atoms with Crippen LogP contribution in [0.1, 0.15) is 55.9 Å². The molecule has 11 heteroatoms. The highest BCUT2D eigenvalue weighted by atomic mass is 32.2. The minimum Gasteiger partial charge on any atom is -0.493 e. The maximum absolute atomic E-state index is 14.4. The molecule has 1 amide bonds. The van der Waals surface area contributed by atoms with Gasteiger partial charge in [0, 0.05) is 42.0 Å². The predicted octanol–water partition coefficient (Wildman–Crippen LogP) is 2.73. The molecule has 2 aromatic carbocycles. The van der Waals surface area contributed by atoms with Gasteiger partial charge in [-0.15, -0.1) is 0 Å². The molecule has 5 rings (SSSR count). The van der Waals surface area contributed by atoms with Crippen molar-refractivity contribution in [2.75, 3.05) is 32.8 Å². The molecule has 40 heavy (non-hydrogen) atoms. The lowest BCUT2D eigenvalue weighted by Crippen LogP contribution is -2.51. The first-order valence-corrected chi connectivity index (χ1v) is 13.4. The third-order valence-corrected chi connectivity index (χ3v) is 7.76. The first-order valence-electron chi connectivity index (χ1n) is 21.0. The number of hydrogen-bond acceptors (Lipinski definition) is 8. The van der Waals surface area contributed by atoms with E-state index in [1.807, 2.05) is 5.32 Å². The van der Waals surface area contributed by atoms with E-state index in [9.17, 15) is 18.3 Å². The van der Waals surface area contributed by atoms with Crippen molar-refractivity contribution in [3.8, 4) is 5.75 Å². The zero-order valence-corrected chi connectivity index (χ0v) is 21.6. The number of carbonyl (C=O) groups excluding carboxylic acids is 1. The average molecular weight is 593 g/mol. The number of hydrogen-bond donors (Lipinski definition) is 2. The second kappa shape index (κ2) is 12.4. The second-order valence-corrected chi connectivity index (χ2v) is 10.7. The minimum absolute atomic E-state index is 0.0336. The highest BCUT2D eigenvalue weighted by Gasteiger charge is 2.44. The van der Waals surface area contributed by atoms with Gasteiger partial charge in [-0.3, -0.25) is 0 Å². The van der Waals surface area contributed by atoms with E-state index in [0.717, 1.165) is 12.1 Å². The molecule has 2 fully saturated rings. The van der Waals surface area contributed by atoms with Gasteiger partial charge in [0.25, 0.3) is 0 Å². The van der Waals surface area contributed by atoms with Gasteiger partial charge in [0.1, 0.15) is 11.8 Å². The smallest absolute Gasteiger partial charge is 0.407 e. The van der Waals surface area contributed by atoms with Crippen molar-refractivity contribution in [3.63, 3.8) is 0 Å². The number of alkyl carbamates (subject to hydrolysis) is 1. The molecule has 0 unspecified atom stereocenters. The highest BCUT2D eigenvalue weighted by molar-refractivity contribution is 7.89. The molecular formula is C29H38N2O8S. The van der Waals surface area contributed by atoms with Gasteiger partial charge < -0.3 is 29.4 Å². The fourth-order valence-electron chi connectivity index (χ4n) is 4.15. The number of rotatable bonds is 11. The molecule has 0 aliphatic carbocycles. The van der Waals surface area contributed by atoms with Gasteiger partial charge in [-0.25, -0.2) is 13.2 Å². The molecule has 2 N–H and O–H groups in total. The number of nitrogens with zero attached hydrogens (tertiary/aromatic N) is 1. The summed E-state index contributed by atoms with van der Waals surface area (Å²) in [6.07, 6.45) is -16.0. The number of aliphatic hydroxyl groups excluding tert-OH is 1. The van der Waals surface area contributed by atoms with Crippen LogP contribution in [0.25, 0.3) is 0 Å². The van der Waals surface area contributed by atoms with Crippen LogP contribution in [0, 0.1) is 11.8 Å². The molecule has 0 radical (unpaired) electrons. The van der Waals surface area contributed by atoms with Crippen LogP contribution >= 0.6 is 0 Å². The van der Waals surface area contributed by atoms with Gasteiger partial charge in [-0.05, 0) is 35.9 Å². The molecule has 5 atom stereocenters. The van der Waals surface area contributed by atoms with Gasteiger partial charge in [-0.1, -0.05) is 50.1 Å². The largest absolute Gasteiger partial charge is 0.493 e. The third-order valence-electron chi connectivity index (χ3n) is 6.09. The summed E-state index contributed by atoms with van der Waals surface area (Å²) in [4.78, 5) is 12.9. The van der Waals surface area contributed by atoms with E-state index in [4.69, 9.17) is 38.9 Å². The van der Waals surface area contributed by atoms with Crippen molar-refractivity contribution in [1.29, 1.82) is 0 Å². The van der Waals surface area contributed by atoms with Crippen LogP contribution in [0.15, 0.2) is 53.4 Å². The summed E-state index contributed by atoms with van der Waals surface area (Å²) in [7, 11) is -5.49. The van der Waals surface area contributed by atoms with E-state index < -0.39 is 110 Å². The monoisotopic (exact) mass is 592 g/mol. The Morgan fingerprint density at radius 2 is 2.15 bits per heavy atom. The highest BCUT2D eigenvalue weighted by Crippen LogP contribution is 2.33. The summed E-state index contributed by atoms with van der Waals surface area (Å²) in [6, 6.07) is 8.66. The Bertz CT molecular complexity index is 2010. The quantitative estimate of drug-likeness (QED) is 0.408. The average Bonchev–Trinajstić information content (AvgIpc) is 3.62. The van der Waals surface area contributed by atoms with E-state index in [1.165, 1.54) is 30.3 Å². The first kappa shape index (κ1) is 14.0. The normalized spacial score (nSPS) is 40.6. The zero-order chi connectivity index (χ0) is 44.1. The summed E-state index contributed by atoms with van der Waals surface area (Å²) in [5, 5.41) is 13.8. The standard InChI is InChI=1S/C29H38N2O8S/c1-19(2)16-31(40(34,35)22-9-8-21-10-12-36-26(21)15-22)17-25(32)24(14-20-6-4-3-5-7-20)30-29(33)39-27-18-38-28-23(27)11-13-37-28/h3-9,15,19,23-25,27-28,32H,10-14,16-18H2,1-2H3,(H,30,33)/t23-,24-,25+,27-,28+/m0/s1/i1D3,2D3,11D2,13D2,16D2,18D2,19D,23D,27D,28D. The number of nitrogens with one attached hydrogen (secondary N) is 1. The second-order valence-electron chi connectivity index (χ2n) is 8.81. The first-order chi connectivity index (χ1) is 26.1. The van der Waals surface area contributed by atoms with E-state index >= 15 is 0 Å². The van der Waals surface area contributed by atoms with Crippen molar-refractivity contribution in [1.82, 2.24) is 9.62 Å². The molecule has 10 nitrogen and oxygen atoms in total. The minimum atomic E-state index is -5.49. The lowest BCUT2D eigenvalue weighted by atomic mass is 10.0. The maximum Gasteiger partial charge on any atom is 0.407 e. The number of amides is 1. The van der Waals surface area contributed by atoms with Crippen molar-refractivity contribution in [3.05, 3.63) is 59.7 Å². The van der Waals surface area contributed by atoms with Crippen LogP contribution in [0.3, 0.4) is 0 Å². The third kappa shape index (κ3) is 6.60. The van der Waals surface area contributed by atoms with Crippen LogP contribution < -0.4 is 10.1 Å². The van der Waals surface area contributed by atoms with Crippen LogP contribution in [0.5, 0.6) is 5.75 Å². The Kier molecular flexibility index (Phi) is 4.35. The van der Waals surface area contributed by atoms with Gasteiger partial charge in [0.15, 0.2) is 6.27 Å². The summed E-state index contributed by atoms with van der Waals surface area (Å²) in [5.41, 5.74) is 0.782. The fourth-order valence-corrected chi connectivity index (χ4v) is 5.46. The molecule has 0 saturated carbocycles. The molecule has 3 aliphatic rings. The number of aliphatic hydroxyl groups is 1. The Balaban J connectivity index is 1.59. The zero-order valence-electron chi connectivity index (χ0n) is 38.8. The van der Waals surface area contributed by atoms with E-state index in [2.05, 4.69) is 4.74 Å². The van der Waals surface area contributed by atoms with Gasteiger partial charge in [-0.2, -0.15) is 4.31 Å². The van der Waals surface area contributed by atoms with Crippen molar-refractivity contribution < 1.29 is 61.9 Å². The molecule has 3 aliphatic heterocycles. The van der Waals surface area contributed by atoms with Crippen LogP contribution in [-0.4, -0.2) is 81.2 Å². The molecule has 2 aromatic rings. The molecule has 0 spiro atoms. The Labute approximate surface area is 260 Å². The van der Waals surface area contributed by atoms with Crippen molar-refractivity contribution in [2.24, 2.45) is 11.8 Å². The predicted molar refractivity (Wildman–Crippen MR) is 146 cm³/mol. The number of sulfonamides is 1. The summed E-state index contributed by atoms with van der Waals surface area (Å²) < 4.78 is 197. The van der Waals surface area contributed by atoms with Crippen LogP contribution in [-0.2, 0) is 37.1 Å². The van der Waals surface area contributed by atoms with Crippen molar-refractivity contribution in [2.45, 2.75) is 62.3 Å². The van der Waals surface area contributed by atoms with Gasteiger partial charge >= 0.3 is 6.09 Å². The topological polar surface area (TPSA) is 124 Å². The van der Waals surface area contributed by atoms with Crippen LogP contribution in [0.2, 0.25) is 0 Å². The number of ether oxygens (including phenoxy) is 4. The van der Waals surface area contributed by atoms with Crippen molar-refractivity contribution >= 4 is 16.1 Å². The van der Waals surface area contributed by atoms with Gasteiger partial charge in [0.05, 0.1) is 50.9 Å². The lowest BCUT2D eigenvalue weighted by molar-refractivity contribution is -0.0907. The lowest BCUT2D eigenvalue weighted by Gasteiger charge is -2.31. The SMILES string of the molecule is [2H]C([2H])([2H])C([2H])(C([2H])([2H])[2H])C([2H])([2H])N(C[C@@H](O)[C@H](Cc1ccccc1)NC(=O)O[C@@]1([2H])C([2H])([2H])O[C@@]2([2H])OC([2H])([2H])C([2H])([2H])[C@]21[2H])S(=O)(=O)c1ccc2c(c1)OCC2. The molecule has 218 valence electrons. The van der Waals surface area contributed by atoms with E-state index in [0.29, 0.717) is 12.0 Å². The Morgan fingerprint density at radius 3 is 2.95 bits per heavy atom. The number of fused-ring (bicyclic) bond motifs is 2. The van der Waals surface area contributed by atoms with Gasteiger partial charge in [0.2, 0.25) is 10.0 Å². The molecule has 0 bridgehead atoms. The molecule has 2 saturated heterocycles. The molecule has 0 aromatic heterocycles.